The predicted molar refractivity (Wildman–Crippen MR) is 80.5 cm³/mol. The normalized spacial score (nSPS) is 24.7. The minimum atomic E-state index is -0.410. The van der Waals surface area contributed by atoms with Crippen molar-refractivity contribution in [2.24, 2.45) is 0 Å². The molecule has 0 radical (unpaired) electrons. The molecule has 2 aromatic rings. The second kappa shape index (κ2) is 5.72. The van der Waals surface area contributed by atoms with Gasteiger partial charge in [0.1, 0.15) is 12.4 Å². The highest BCUT2D eigenvalue weighted by Gasteiger charge is 2.32. The van der Waals surface area contributed by atoms with Crippen LogP contribution in [0.3, 0.4) is 0 Å². The molecule has 0 unspecified atom stereocenters. The summed E-state index contributed by atoms with van der Waals surface area (Å²) in [6, 6.07) is 4.84. The summed E-state index contributed by atoms with van der Waals surface area (Å²) in [6.07, 6.45) is 4.13. The molecule has 118 valence electrons. The number of rotatable bonds is 4. The van der Waals surface area contributed by atoms with Gasteiger partial charge in [-0.05, 0) is 25.0 Å². The van der Waals surface area contributed by atoms with Crippen molar-refractivity contribution in [1.82, 2.24) is 19.7 Å². The summed E-state index contributed by atoms with van der Waals surface area (Å²) in [7, 11) is 0. The third-order valence-corrected chi connectivity index (χ3v) is 4.69. The number of nitrogens with zero attached hydrogens (tertiary/aromatic N) is 5. The van der Waals surface area contributed by atoms with Crippen LogP contribution in [-0.2, 0) is 6.54 Å². The predicted octanol–water partition coefficient (Wildman–Crippen LogP) is 1.79. The Hall–Kier alpha value is -1.89. The summed E-state index contributed by atoms with van der Waals surface area (Å²) in [5.41, 5.74) is 0.777. The first-order valence-corrected chi connectivity index (χ1v) is 7.89. The van der Waals surface area contributed by atoms with Crippen molar-refractivity contribution in [3.63, 3.8) is 0 Å². The van der Waals surface area contributed by atoms with Gasteiger partial charge in [-0.25, -0.2) is 4.39 Å². The second-order valence-corrected chi connectivity index (χ2v) is 5.93. The molecule has 2 bridgehead atoms. The van der Waals surface area contributed by atoms with E-state index in [1.165, 1.54) is 0 Å². The fourth-order valence-corrected chi connectivity index (χ4v) is 3.47. The van der Waals surface area contributed by atoms with Gasteiger partial charge < -0.3 is 18.8 Å². The fraction of sp³-hybridized carbons (Fsp3) is 0.600. The number of aromatic nitrogens is 3. The van der Waals surface area contributed by atoms with E-state index < -0.39 is 6.67 Å². The molecule has 3 saturated heterocycles. The van der Waals surface area contributed by atoms with Gasteiger partial charge in [-0.2, -0.15) is 0 Å². The Bertz CT molecular complexity index is 631. The zero-order chi connectivity index (χ0) is 14.9. The van der Waals surface area contributed by atoms with Crippen LogP contribution < -0.4 is 4.90 Å². The maximum atomic E-state index is 12.6. The van der Waals surface area contributed by atoms with Gasteiger partial charge in [-0.3, -0.25) is 0 Å². The van der Waals surface area contributed by atoms with Crippen LogP contribution in [0.2, 0.25) is 0 Å². The lowest BCUT2D eigenvalue weighted by Gasteiger charge is -2.29. The summed E-state index contributed by atoms with van der Waals surface area (Å²) in [5.74, 6) is 0.465. The molecule has 22 heavy (non-hydrogen) atoms. The van der Waals surface area contributed by atoms with Gasteiger partial charge in [-0.1, -0.05) is 5.10 Å². The number of hydrogen-bond donors (Lipinski definition) is 0. The van der Waals surface area contributed by atoms with Gasteiger partial charge in [0.15, 0.2) is 0 Å². The van der Waals surface area contributed by atoms with Crippen LogP contribution in [0, 0.1) is 0 Å². The quantitative estimate of drug-likeness (QED) is 0.862. The molecule has 0 aromatic carbocycles. The van der Waals surface area contributed by atoms with E-state index >= 15 is 0 Å². The monoisotopic (exact) mass is 304 g/mol. The van der Waals surface area contributed by atoms with Crippen LogP contribution in [0.15, 0.2) is 22.7 Å². The molecule has 0 spiro atoms. The van der Waals surface area contributed by atoms with Crippen molar-refractivity contribution in [1.29, 1.82) is 0 Å². The Morgan fingerprint density at radius 2 is 2.05 bits per heavy atom. The van der Waals surface area contributed by atoms with E-state index in [-0.39, 0.29) is 0 Å². The number of aryl methyl sites for hydroxylation is 1. The molecule has 0 atom stereocenters. The summed E-state index contributed by atoms with van der Waals surface area (Å²) >= 11 is 0. The molecule has 5 heterocycles. The standard InChI is InChI=1S/C15H20FN5O/c16-5-9-20-6-1-2-13(20)14-17-18-15(22-14)21-11-10-19-7-3-12(21)4-8-19/h1-2,6,12H,3-5,7-11H2/i16-1. The minimum absolute atomic E-state index is 0.307. The largest absolute Gasteiger partial charge is 0.402 e. The van der Waals surface area contributed by atoms with Crippen molar-refractivity contribution < 1.29 is 8.81 Å². The third kappa shape index (κ3) is 2.39. The minimum Gasteiger partial charge on any atom is -0.402 e. The smallest absolute Gasteiger partial charge is 0.318 e. The van der Waals surface area contributed by atoms with Crippen molar-refractivity contribution in [2.45, 2.75) is 25.4 Å². The Morgan fingerprint density at radius 3 is 2.86 bits per heavy atom. The van der Waals surface area contributed by atoms with E-state index in [2.05, 4.69) is 20.0 Å². The molecule has 6 nitrogen and oxygen atoms in total. The van der Waals surface area contributed by atoms with E-state index in [9.17, 15) is 4.39 Å². The Kier molecular flexibility index (Phi) is 3.57. The number of anilines is 1. The number of fused-ring (bicyclic) bond motifs is 4. The van der Waals surface area contributed by atoms with Crippen molar-refractivity contribution >= 4 is 6.01 Å². The van der Waals surface area contributed by atoms with Crippen LogP contribution in [-0.4, -0.2) is 58.6 Å². The van der Waals surface area contributed by atoms with Crippen LogP contribution in [0.25, 0.3) is 11.6 Å². The number of piperidine rings is 1. The van der Waals surface area contributed by atoms with Crippen LogP contribution in [0.5, 0.6) is 0 Å². The molecule has 0 amide bonds. The van der Waals surface area contributed by atoms with Crippen molar-refractivity contribution in [3.05, 3.63) is 18.3 Å². The van der Waals surface area contributed by atoms with Gasteiger partial charge in [0, 0.05) is 38.4 Å². The van der Waals surface area contributed by atoms with Gasteiger partial charge in [-0.15, -0.1) is 5.10 Å². The van der Waals surface area contributed by atoms with E-state index in [0.717, 1.165) is 44.7 Å². The molecule has 7 heteroatoms. The molecule has 3 fully saturated rings. The topological polar surface area (TPSA) is 50.3 Å². The highest BCUT2D eigenvalue weighted by atomic mass is 18.2. The zero-order valence-corrected chi connectivity index (χ0v) is 12.5. The van der Waals surface area contributed by atoms with Crippen LogP contribution >= 0.6 is 0 Å². The molecule has 3 aliphatic rings. The summed E-state index contributed by atoms with van der Waals surface area (Å²) in [6.45, 7) is 4.18. The van der Waals surface area contributed by atoms with E-state index in [0.29, 0.717) is 24.5 Å². The molecule has 3 aliphatic heterocycles. The maximum Gasteiger partial charge on any atom is 0.318 e. The molecular weight excluding hydrogens is 284 g/mol. The number of hydrogen-bond acceptors (Lipinski definition) is 5. The lowest BCUT2D eigenvalue weighted by atomic mass is 10.1. The number of halogens is 1. The first-order chi connectivity index (χ1) is 10.8. The average molecular weight is 304 g/mol. The number of alkyl halides is 1. The van der Waals surface area contributed by atoms with E-state index in [1.54, 1.807) is 4.57 Å². The molecule has 2 aromatic heterocycles. The molecular formula is C15H20FN5O. The lowest BCUT2D eigenvalue weighted by molar-refractivity contribution is 0.249. The summed E-state index contributed by atoms with van der Waals surface area (Å²) in [5, 5.41) is 8.41. The van der Waals surface area contributed by atoms with Gasteiger partial charge >= 0.3 is 6.01 Å². The summed E-state index contributed by atoms with van der Waals surface area (Å²) in [4.78, 5) is 4.73. The SMILES string of the molecule is [18F]CCn1cccc1-c1nnc(N2CCN3CCC2CC3)o1. The Morgan fingerprint density at radius 1 is 1.18 bits per heavy atom. The fourth-order valence-electron chi connectivity index (χ4n) is 3.47. The zero-order valence-electron chi connectivity index (χ0n) is 12.5. The first-order valence-electron chi connectivity index (χ1n) is 7.89. The molecule has 0 aliphatic carbocycles. The molecule has 5 rings (SSSR count). The summed E-state index contributed by atoms with van der Waals surface area (Å²) < 4.78 is 20.3. The highest BCUT2D eigenvalue weighted by molar-refractivity contribution is 5.49. The average Bonchev–Trinajstić information content (AvgIpc) is 3.10. The van der Waals surface area contributed by atoms with E-state index in [1.807, 2.05) is 18.3 Å². The third-order valence-electron chi connectivity index (χ3n) is 4.69. The highest BCUT2D eigenvalue weighted by Crippen LogP contribution is 2.28. The Labute approximate surface area is 128 Å². The van der Waals surface area contributed by atoms with Gasteiger partial charge in [0.2, 0.25) is 0 Å². The maximum absolute atomic E-state index is 12.6. The van der Waals surface area contributed by atoms with Crippen LogP contribution in [0.4, 0.5) is 10.4 Å². The van der Waals surface area contributed by atoms with Crippen molar-refractivity contribution in [3.8, 4) is 11.6 Å². The van der Waals surface area contributed by atoms with Gasteiger partial charge in [0.05, 0.1) is 6.54 Å². The second-order valence-electron chi connectivity index (χ2n) is 5.93. The Balaban J connectivity index is 1.59. The first kappa shape index (κ1) is 13.8. The van der Waals surface area contributed by atoms with Crippen LogP contribution in [0.1, 0.15) is 12.8 Å². The van der Waals surface area contributed by atoms with Crippen molar-refractivity contribution in [2.75, 3.05) is 37.8 Å². The molecule has 0 saturated carbocycles. The van der Waals surface area contributed by atoms with Gasteiger partial charge in [0.25, 0.3) is 5.89 Å². The van der Waals surface area contributed by atoms with E-state index in [4.69, 9.17) is 4.42 Å². The lowest BCUT2D eigenvalue weighted by Crippen LogP contribution is -2.38. The molecule has 0 N–H and O–H groups in total.